The molecule has 3 aliphatic rings. The van der Waals surface area contributed by atoms with E-state index in [1.807, 2.05) is 30.3 Å². The van der Waals surface area contributed by atoms with E-state index in [0.29, 0.717) is 12.8 Å². The number of esters is 1. The zero-order chi connectivity index (χ0) is 16.3. The first kappa shape index (κ1) is 15.8. The van der Waals surface area contributed by atoms with Gasteiger partial charge in [-0.05, 0) is 31.2 Å². The second kappa shape index (κ2) is 6.58. The third-order valence-corrected chi connectivity index (χ3v) is 4.65. The number of amides is 1. The average molecular weight is 319 g/mol. The lowest BCUT2D eigenvalue weighted by Crippen LogP contribution is -2.60. The lowest BCUT2D eigenvalue weighted by molar-refractivity contribution is -0.220. The maximum atomic E-state index is 12.0. The minimum absolute atomic E-state index is 0.201. The Kier molecular flexibility index (Phi) is 4.52. The standard InChI is InChI=1S/C17H21NO5/c1-21-15(19)17-9-7-13(8-10-17)14(23-17)18-16(20)22-11-12-5-3-2-4-6-12/h2-6,13-14H,7-11H2,1H3,(H,18,20). The van der Waals surface area contributed by atoms with E-state index in [1.165, 1.54) is 7.11 Å². The fourth-order valence-corrected chi connectivity index (χ4v) is 3.33. The Bertz CT molecular complexity index is 566. The van der Waals surface area contributed by atoms with E-state index in [0.717, 1.165) is 18.4 Å². The van der Waals surface area contributed by atoms with Gasteiger partial charge in [0, 0.05) is 5.92 Å². The number of nitrogens with one attached hydrogen (secondary N) is 1. The van der Waals surface area contributed by atoms with Crippen LogP contribution in [0, 0.1) is 5.92 Å². The van der Waals surface area contributed by atoms with E-state index >= 15 is 0 Å². The van der Waals surface area contributed by atoms with Crippen LogP contribution in [-0.2, 0) is 25.6 Å². The quantitative estimate of drug-likeness (QED) is 0.863. The number of benzene rings is 1. The van der Waals surface area contributed by atoms with Gasteiger partial charge in [-0.2, -0.15) is 0 Å². The Morgan fingerprint density at radius 3 is 2.61 bits per heavy atom. The molecule has 1 aromatic rings. The molecule has 23 heavy (non-hydrogen) atoms. The molecule has 1 saturated carbocycles. The van der Waals surface area contributed by atoms with Crippen LogP contribution in [0.1, 0.15) is 31.2 Å². The molecule has 2 aliphatic heterocycles. The van der Waals surface area contributed by atoms with Gasteiger partial charge in [-0.25, -0.2) is 9.59 Å². The van der Waals surface area contributed by atoms with E-state index in [2.05, 4.69) is 5.32 Å². The molecule has 2 bridgehead atoms. The van der Waals surface area contributed by atoms with Crippen LogP contribution in [0.15, 0.2) is 30.3 Å². The van der Waals surface area contributed by atoms with Crippen molar-refractivity contribution in [3.63, 3.8) is 0 Å². The minimum atomic E-state index is -0.916. The molecule has 6 heteroatoms. The third-order valence-electron chi connectivity index (χ3n) is 4.65. The Balaban J connectivity index is 1.55. The second-order valence-corrected chi connectivity index (χ2v) is 6.07. The first-order valence-corrected chi connectivity index (χ1v) is 7.86. The molecule has 1 aliphatic carbocycles. The van der Waals surface area contributed by atoms with Crippen LogP contribution in [0.3, 0.4) is 0 Å². The first-order valence-electron chi connectivity index (χ1n) is 7.86. The lowest BCUT2D eigenvalue weighted by atomic mass is 9.74. The van der Waals surface area contributed by atoms with Crippen molar-refractivity contribution in [3.8, 4) is 0 Å². The molecule has 1 N–H and O–H groups in total. The number of carbonyl (C=O) groups excluding carboxylic acids is 2. The fourth-order valence-electron chi connectivity index (χ4n) is 3.33. The highest BCUT2D eigenvalue weighted by Gasteiger charge is 2.53. The van der Waals surface area contributed by atoms with Crippen LogP contribution in [0.4, 0.5) is 4.79 Å². The highest BCUT2D eigenvalue weighted by Crippen LogP contribution is 2.44. The monoisotopic (exact) mass is 319 g/mol. The molecule has 3 fully saturated rings. The summed E-state index contributed by atoms with van der Waals surface area (Å²) < 4.78 is 15.9. The van der Waals surface area contributed by atoms with E-state index in [1.54, 1.807) is 0 Å². The predicted octanol–water partition coefficient (Wildman–Crippen LogP) is 2.37. The summed E-state index contributed by atoms with van der Waals surface area (Å²) in [5, 5.41) is 2.73. The van der Waals surface area contributed by atoms with Crippen molar-refractivity contribution < 1.29 is 23.8 Å². The maximum Gasteiger partial charge on any atom is 0.409 e. The van der Waals surface area contributed by atoms with Crippen molar-refractivity contribution in [1.82, 2.24) is 5.32 Å². The molecule has 1 unspecified atom stereocenters. The number of hydrogen-bond donors (Lipinski definition) is 1. The number of fused-ring (bicyclic) bond motifs is 3. The molecule has 1 aromatic carbocycles. The SMILES string of the molecule is COC(=O)C12CCC(CC1)C(NC(=O)OCc1ccccc1)O2. The summed E-state index contributed by atoms with van der Waals surface area (Å²) in [6.45, 7) is 0.201. The van der Waals surface area contributed by atoms with E-state index in [4.69, 9.17) is 14.2 Å². The molecule has 1 amide bonds. The smallest absolute Gasteiger partial charge is 0.409 e. The summed E-state index contributed by atoms with van der Waals surface area (Å²) in [6, 6.07) is 9.46. The molecule has 0 radical (unpaired) electrons. The molecule has 6 nitrogen and oxygen atoms in total. The first-order chi connectivity index (χ1) is 11.1. The summed E-state index contributed by atoms with van der Waals surface area (Å²) in [7, 11) is 1.36. The van der Waals surface area contributed by atoms with Crippen LogP contribution < -0.4 is 5.32 Å². The summed E-state index contributed by atoms with van der Waals surface area (Å²) in [6.07, 6.45) is 1.91. The van der Waals surface area contributed by atoms with Crippen molar-refractivity contribution >= 4 is 12.1 Å². The third kappa shape index (κ3) is 3.32. The molecule has 1 atom stereocenters. The molecular formula is C17H21NO5. The van der Waals surface area contributed by atoms with Crippen LogP contribution in [0.2, 0.25) is 0 Å². The maximum absolute atomic E-state index is 12.0. The molecule has 2 saturated heterocycles. The Hall–Kier alpha value is -2.08. The second-order valence-electron chi connectivity index (χ2n) is 6.07. The number of carbonyl (C=O) groups is 2. The zero-order valence-electron chi connectivity index (χ0n) is 13.1. The van der Waals surface area contributed by atoms with Crippen molar-refractivity contribution in [2.45, 2.75) is 44.1 Å². The minimum Gasteiger partial charge on any atom is -0.467 e. The normalized spacial score (nSPS) is 28.9. The van der Waals surface area contributed by atoms with Gasteiger partial charge in [0.05, 0.1) is 7.11 Å². The molecule has 4 rings (SSSR count). The van der Waals surface area contributed by atoms with Gasteiger partial charge in [-0.1, -0.05) is 30.3 Å². The average Bonchev–Trinajstić information content (AvgIpc) is 2.61. The number of rotatable bonds is 4. The number of ether oxygens (including phenoxy) is 3. The highest BCUT2D eigenvalue weighted by molar-refractivity contribution is 5.80. The predicted molar refractivity (Wildman–Crippen MR) is 81.3 cm³/mol. The molecule has 124 valence electrons. The van der Waals surface area contributed by atoms with Gasteiger partial charge in [-0.15, -0.1) is 0 Å². The molecule has 0 aromatic heterocycles. The lowest BCUT2D eigenvalue weighted by Gasteiger charge is -2.48. The number of hydrogen-bond acceptors (Lipinski definition) is 5. The largest absolute Gasteiger partial charge is 0.467 e. The number of methoxy groups -OCH3 is 1. The molecule has 2 heterocycles. The van der Waals surface area contributed by atoms with E-state index < -0.39 is 17.9 Å². The van der Waals surface area contributed by atoms with Gasteiger partial charge in [0.25, 0.3) is 0 Å². The Labute approximate surface area is 135 Å². The highest BCUT2D eigenvalue weighted by atomic mass is 16.6. The van der Waals surface area contributed by atoms with Crippen molar-refractivity contribution in [2.24, 2.45) is 5.92 Å². The summed E-state index contributed by atoms with van der Waals surface area (Å²) in [5.41, 5.74) is 0.000651. The summed E-state index contributed by atoms with van der Waals surface area (Å²) >= 11 is 0. The van der Waals surface area contributed by atoms with Crippen molar-refractivity contribution in [2.75, 3.05) is 7.11 Å². The van der Waals surface area contributed by atoms with Gasteiger partial charge >= 0.3 is 12.1 Å². The van der Waals surface area contributed by atoms with Gasteiger partial charge in [-0.3, -0.25) is 5.32 Å². The Morgan fingerprint density at radius 1 is 1.26 bits per heavy atom. The fraction of sp³-hybridized carbons (Fsp3) is 0.529. The summed E-state index contributed by atoms with van der Waals surface area (Å²) in [4.78, 5) is 24.0. The van der Waals surface area contributed by atoms with Crippen LogP contribution >= 0.6 is 0 Å². The zero-order valence-corrected chi connectivity index (χ0v) is 13.1. The van der Waals surface area contributed by atoms with E-state index in [-0.39, 0.29) is 18.5 Å². The van der Waals surface area contributed by atoms with Crippen LogP contribution in [-0.4, -0.2) is 31.0 Å². The molecular weight excluding hydrogens is 298 g/mol. The van der Waals surface area contributed by atoms with Crippen LogP contribution in [0.5, 0.6) is 0 Å². The number of alkyl carbamates (subject to hydrolysis) is 1. The summed E-state index contributed by atoms with van der Waals surface area (Å²) in [5.74, 6) is -0.147. The van der Waals surface area contributed by atoms with Gasteiger partial charge in [0.2, 0.25) is 0 Å². The van der Waals surface area contributed by atoms with Crippen molar-refractivity contribution in [3.05, 3.63) is 35.9 Å². The van der Waals surface area contributed by atoms with Crippen LogP contribution in [0.25, 0.3) is 0 Å². The topological polar surface area (TPSA) is 73.9 Å². The van der Waals surface area contributed by atoms with Gasteiger partial charge in [0.15, 0.2) is 5.60 Å². The van der Waals surface area contributed by atoms with E-state index in [9.17, 15) is 9.59 Å². The molecule has 0 spiro atoms. The van der Waals surface area contributed by atoms with Gasteiger partial charge in [0.1, 0.15) is 12.8 Å². The Morgan fingerprint density at radius 2 is 1.96 bits per heavy atom. The van der Waals surface area contributed by atoms with Gasteiger partial charge < -0.3 is 14.2 Å². The van der Waals surface area contributed by atoms with Crippen molar-refractivity contribution in [1.29, 1.82) is 0 Å².